The van der Waals surface area contributed by atoms with Crippen LogP contribution in [0, 0.1) is 0 Å². The molecule has 0 spiro atoms. The van der Waals surface area contributed by atoms with Crippen molar-refractivity contribution in [1.29, 1.82) is 0 Å². The average Bonchev–Trinajstić information content (AvgIpc) is 2.70. The van der Waals surface area contributed by atoms with Crippen molar-refractivity contribution in [2.24, 2.45) is 0 Å². The summed E-state index contributed by atoms with van der Waals surface area (Å²) < 4.78 is 5.71. The van der Waals surface area contributed by atoms with E-state index in [1.807, 2.05) is 84.9 Å². The maximum absolute atomic E-state index is 13.3. The summed E-state index contributed by atoms with van der Waals surface area (Å²) in [6.45, 7) is 0.614. The maximum atomic E-state index is 13.3. The van der Waals surface area contributed by atoms with Crippen molar-refractivity contribution >= 4 is 5.91 Å². The topological polar surface area (TPSA) is 38.3 Å². The summed E-state index contributed by atoms with van der Waals surface area (Å²) in [6.07, 6.45) is 0.777. The van der Waals surface area contributed by atoms with Crippen LogP contribution in [0.3, 0.4) is 0 Å². The molecule has 1 heterocycles. The van der Waals surface area contributed by atoms with Crippen molar-refractivity contribution in [1.82, 2.24) is 5.32 Å². The van der Waals surface area contributed by atoms with Crippen molar-refractivity contribution in [3.8, 4) is 5.75 Å². The molecular formula is C23H21NO2. The van der Waals surface area contributed by atoms with Crippen LogP contribution in [0.1, 0.15) is 35.1 Å². The van der Waals surface area contributed by atoms with E-state index in [-0.39, 0.29) is 17.9 Å². The van der Waals surface area contributed by atoms with Gasteiger partial charge in [0.2, 0.25) is 5.91 Å². The predicted molar refractivity (Wildman–Crippen MR) is 102 cm³/mol. The molecule has 1 aliphatic rings. The largest absolute Gasteiger partial charge is 0.493 e. The Morgan fingerprint density at radius 3 is 2.08 bits per heavy atom. The summed E-state index contributed by atoms with van der Waals surface area (Å²) in [6, 6.07) is 27.8. The average molecular weight is 343 g/mol. The smallest absolute Gasteiger partial charge is 0.232 e. The molecule has 0 unspecified atom stereocenters. The zero-order valence-corrected chi connectivity index (χ0v) is 14.5. The van der Waals surface area contributed by atoms with E-state index < -0.39 is 0 Å². The summed E-state index contributed by atoms with van der Waals surface area (Å²) >= 11 is 0. The van der Waals surface area contributed by atoms with Gasteiger partial charge in [0, 0.05) is 12.0 Å². The lowest BCUT2D eigenvalue weighted by Gasteiger charge is -2.28. The number of ether oxygens (including phenoxy) is 1. The molecule has 3 aromatic rings. The number of hydrogen-bond donors (Lipinski definition) is 1. The minimum absolute atomic E-state index is 0.0177. The van der Waals surface area contributed by atoms with E-state index in [9.17, 15) is 4.79 Å². The molecule has 3 aromatic carbocycles. The number of carbonyl (C=O) groups is 1. The first-order valence-electron chi connectivity index (χ1n) is 8.95. The van der Waals surface area contributed by atoms with Crippen LogP contribution in [-0.4, -0.2) is 12.5 Å². The molecule has 1 amide bonds. The van der Waals surface area contributed by atoms with Crippen LogP contribution in [0.5, 0.6) is 5.75 Å². The van der Waals surface area contributed by atoms with E-state index in [1.54, 1.807) is 0 Å². The van der Waals surface area contributed by atoms with Gasteiger partial charge < -0.3 is 10.1 Å². The highest BCUT2D eigenvalue weighted by molar-refractivity contribution is 5.87. The number of rotatable bonds is 4. The maximum Gasteiger partial charge on any atom is 0.232 e. The molecule has 1 aliphatic heterocycles. The third kappa shape index (κ3) is 3.33. The van der Waals surface area contributed by atoms with Crippen LogP contribution >= 0.6 is 0 Å². The minimum atomic E-state index is -0.326. The number of hydrogen-bond acceptors (Lipinski definition) is 2. The zero-order chi connectivity index (χ0) is 17.8. The van der Waals surface area contributed by atoms with Gasteiger partial charge in [0.25, 0.3) is 0 Å². The SMILES string of the molecule is O=C(N[C@H]1CCOc2ccccc21)C(c1ccccc1)c1ccccc1. The summed E-state index contributed by atoms with van der Waals surface area (Å²) in [5.74, 6) is 0.552. The summed E-state index contributed by atoms with van der Waals surface area (Å²) in [5.41, 5.74) is 3.04. The summed E-state index contributed by atoms with van der Waals surface area (Å²) in [7, 11) is 0. The van der Waals surface area contributed by atoms with Gasteiger partial charge in [-0.2, -0.15) is 0 Å². The van der Waals surface area contributed by atoms with Crippen LogP contribution in [0.2, 0.25) is 0 Å². The minimum Gasteiger partial charge on any atom is -0.493 e. The lowest BCUT2D eigenvalue weighted by molar-refractivity contribution is -0.122. The quantitative estimate of drug-likeness (QED) is 0.759. The summed E-state index contributed by atoms with van der Waals surface area (Å²) in [5, 5.41) is 3.25. The fraction of sp³-hybridized carbons (Fsp3) is 0.174. The van der Waals surface area contributed by atoms with Crippen molar-refractivity contribution in [2.45, 2.75) is 18.4 Å². The van der Waals surface area contributed by atoms with Crippen LogP contribution in [0.15, 0.2) is 84.9 Å². The second-order valence-corrected chi connectivity index (χ2v) is 6.49. The van der Waals surface area contributed by atoms with Gasteiger partial charge in [-0.25, -0.2) is 0 Å². The molecule has 0 fully saturated rings. The zero-order valence-electron chi connectivity index (χ0n) is 14.5. The Balaban J connectivity index is 1.64. The van der Waals surface area contributed by atoms with Gasteiger partial charge in [-0.3, -0.25) is 4.79 Å². The Morgan fingerprint density at radius 1 is 0.846 bits per heavy atom. The second-order valence-electron chi connectivity index (χ2n) is 6.49. The van der Waals surface area contributed by atoms with Crippen molar-refractivity contribution in [3.63, 3.8) is 0 Å². The third-order valence-corrected chi connectivity index (χ3v) is 4.80. The number of para-hydroxylation sites is 1. The Labute approximate surface area is 153 Å². The van der Waals surface area contributed by atoms with Crippen LogP contribution in [0.25, 0.3) is 0 Å². The first-order chi connectivity index (χ1) is 12.8. The molecule has 26 heavy (non-hydrogen) atoms. The monoisotopic (exact) mass is 343 g/mol. The molecular weight excluding hydrogens is 322 g/mol. The van der Waals surface area contributed by atoms with Gasteiger partial charge in [-0.05, 0) is 17.2 Å². The Morgan fingerprint density at radius 2 is 1.42 bits per heavy atom. The Hall–Kier alpha value is -3.07. The molecule has 0 bridgehead atoms. The normalized spacial score (nSPS) is 15.8. The number of nitrogens with one attached hydrogen (secondary N) is 1. The first kappa shape index (κ1) is 16.4. The highest BCUT2D eigenvalue weighted by atomic mass is 16.5. The fourth-order valence-corrected chi connectivity index (χ4v) is 3.53. The standard InChI is InChI=1S/C23H21NO2/c25-23(24-20-15-16-26-21-14-8-7-13-19(20)21)22(17-9-3-1-4-10-17)18-11-5-2-6-12-18/h1-14,20,22H,15-16H2,(H,24,25)/t20-/m0/s1. The molecule has 1 atom stereocenters. The fourth-order valence-electron chi connectivity index (χ4n) is 3.53. The highest BCUT2D eigenvalue weighted by Crippen LogP contribution is 2.33. The van der Waals surface area contributed by atoms with Crippen LogP contribution in [0.4, 0.5) is 0 Å². The van der Waals surface area contributed by atoms with Crippen LogP contribution in [-0.2, 0) is 4.79 Å². The molecule has 0 aromatic heterocycles. The van der Waals surface area contributed by atoms with Crippen molar-refractivity contribution in [2.75, 3.05) is 6.61 Å². The van der Waals surface area contributed by atoms with E-state index in [4.69, 9.17) is 4.74 Å². The second kappa shape index (κ2) is 7.44. The van der Waals surface area contributed by atoms with E-state index in [0.717, 1.165) is 28.9 Å². The molecule has 3 heteroatoms. The highest BCUT2D eigenvalue weighted by Gasteiger charge is 2.28. The van der Waals surface area contributed by atoms with Crippen LogP contribution < -0.4 is 10.1 Å². The molecule has 130 valence electrons. The van der Waals surface area contributed by atoms with Gasteiger partial charge in [0.05, 0.1) is 18.6 Å². The molecule has 4 rings (SSSR count). The van der Waals surface area contributed by atoms with Gasteiger partial charge in [-0.1, -0.05) is 78.9 Å². The number of benzene rings is 3. The molecule has 3 nitrogen and oxygen atoms in total. The lowest BCUT2D eigenvalue weighted by atomic mass is 9.89. The van der Waals surface area contributed by atoms with Crippen molar-refractivity contribution in [3.05, 3.63) is 102 Å². The molecule has 0 radical (unpaired) electrons. The molecule has 0 saturated heterocycles. The van der Waals surface area contributed by atoms with Gasteiger partial charge in [0.1, 0.15) is 5.75 Å². The molecule has 1 N–H and O–H groups in total. The molecule has 0 saturated carbocycles. The summed E-state index contributed by atoms with van der Waals surface area (Å²) in [4.78, 5) is 13.3. The first-order valence-corrected chi connectivity index (χ1v) is 8.95. The third-order valence-electron chi connectivity index (χ3n) is 4.80. The van der Waals surface area contributed by atoms with E-state index in [2.05, 4.69) is 5.32 Å². The molecule has 0 aliphatic carbocycles. The van der Waals surface area contributed by atoms with Crippen molar-refractivity contribution < 1.29 is 9.53 Å². The number of amides is 1. The Bertz CT molecular complexity index is 837. The predicted octanol–water partition coefficient (Wildman–Crippen LogP) is 4.46. The van der Waals surface area contributed by atoms with Gasteiger partial charge >= 0.3 is 0 Å². The number of carbonyl (C=O) groups excluding carboxylic acids is 1. The number of fused-ring (bicyclic) bond motifs is 1. The Kier molecular flexibility index (Phi) is 4.69. The van der Waals surface area contributed by atoms with Gasteiger partial charge in [0.15, 0.2) is 0 Å². The van der Waals surface area contributed by atoms with Gasteiger partial charge in [-0.15, -0.1) is 0 Å². The van der Waals surface area contributed by atoms with E-state index >= 15 is 0 Å². The van der Waals surface area contributed by atoms with E-state index in [1.165, 1.54) is 0 Å². The van der Waals surface area contributed by atoms with E-state index in [0.29, 0.717) is 6.61 Å². The lowest BCUT2D eigenvalue weighted by Crippen LogP contribution is -2.35.